The van der Waals surface area contributed by atoms with Crippen LogP contribution < -0.4 is 5.32 Å². The SMILES string of the molecule is CC(C)C(=O)N1CCC(c2nc(CNC(=O)C3CCC3)cs2)CC1. The van der Waals surface area contributed by atoms with Crippen LogP contribution in [0.25, 0.3) is 0 Å². The standard InChI is InChI=1S/C18H27N3O2S/c1-12(2)18(23)21-8-6-14(7-9-21)17-20-15(11-24-17)10-19-16(22)13-4-3-5-13/h11-14H,3-10H2,1-2H3,(H,19,22). The van der Waals surface area contributed by atoms with Crippen molar-refractivity contribution in [3.05, 3.63) is 16.1 Å². The average molecular weight is 350 g/mol. The summed E-state index contributed by atoms with van der Waals surface area (Å²) in [5.74, 6) is 1.18. The highest BCUT2D eigenvalue weighted by atomic mass is 32.1. The zero-order valence-corrected chi connectivity index (χ0v) is 15.4. The predicted molar refractivity (Wildman–Crippen MR) is 94.7 cm³/mol. The number of carbonyl (C=O) groups excluding carboxylic acids is 2. The lowest BCUT2D eigenvalue weighted by atomic mass is 9.85. The number of nitrogens with one attached hydrogen (secondary N) is 1. The van der Waals surface area contributed by atoms with E-state index in [4.69, 9.17) is 4.98 Å². The first kappa shape index (κ1) is 17.4. The smallest absolute Gasteiger partial charge is 0.225 e. The van der Waals surface area contributed by atoms with Gasteiger partial charge in [-0.25, -0.2) is 4.98 Å². The maximum Gasteiger partial charge on any atom is 0.225 e. The molecule has 0 radical (unpaired) electrons. The number of likely N-dealkylation sites (tertiary alicyclic amines) is 1. The van der Waals surface area contributed by atoms with E-state index < -0.39 is 0 Å². The van der Waals surface area contributed by atoms with Gasteiger partial charge in [0.25, 0.3) is 0 Å². The van der Waals surface area contributed by atoms with Gasteiger partial charge in [-0.15, -0.1) is 11.3 Å². The van der Waals surface area contributed by atoms with Crippen LogP contribution in [0.4, 0.5) is 0 Å². The molecule has 5 nitrogen and oxygen atoms in total. The minimum Gasteiger partial charge on any atom is -0.350 e. The molecular weight excluding hydrogens is 322 g/mol. The van der Waals surface area contributed by atoms with Gasteiger partial charge in [-0.05, 0) is 25.7 Å². The summed E-state index contributed by atoms with van der Waals surface area (Å²) < 4.78 is 0. The maximum atomic E-state index is 12.1. The van der Waals surface area contributed by atoms with Crippen LogP contribution in [0.15, 0.2) is 5.38 Å². The number of hydrogen-bond acceptors (Lipinski definition) is 4. The predicted octanol–water partition coefficient (Wildman–Crippen LogP) is 2.92. The number of rotatable bonds is 5. The molecule has 6 heteroatoms. The van der Waals surface area contributed by atoms with Gasteiger partial charge in [0.1, 0.15) is 0 Å². The Morgan fingerprint density at radius 1 is 1.29 bits per heavy atom. The Labute approximate surface area is 147 Å². The van der Waals surface area contributed by atoms with Crippen molar-refractivity contribution in [3.8, 4) is 0 Å². The third-order valence-electron chi connectivity index (χ3n) is 5.14. The highest BCUT2D eigenvalue weighted by molar-refractivity contribution is 7.09. The van der Waals surface area contributed by atoms with Gasteiger partial charge in [0.15, 0.2) is 0 Å². The third-order valence-corrected chi connectivity index (χ3v) is 6.20. The zero-order valence-electron chi connectivity index (χ0n) is 14.6. The van der Waals surface area contributed by atoms with Crippen LogP contribution in [-0.4, -0.2) is 34.8 Å². The van der Waals surface area contributed by atoms with Gasteiger partial charge in [-0.3, -0.25) is 9.59 Å². The average Bonchev–Trinajstić information content (AvgIpc) is 2.99. The summed E-state index contributed by atoms with van der Waals surface area (Å²) in [7, 11) is 0. The molecule has 0 bridgehead atoms. The van der Waals surface area contributed by atoms with Crippen molar-refractivity contribution in [2.45, 2.75) is 58.4 Å². The summed E-state index contributed by atoms with van der Waals surface area (Å²) >= 11 is 1.69. The Hall–Kier alpha value is -1.43. The van der Waals surface area contributed by atoms with Crippen molar-refractivity contribution >= 4 is 23.2 Å². The molecule has 0 aromatic carbocycles. The van der Waals surface area contributed by atoms with E-state index in [1.54, 1.807) is 11.3 Å². The zero-order chi connectivity index (χ0) is 17.1. The van der Waals surface area contributed by atoms with Gasteiger partial charge in [0.2, 0.25) is 11.8 Å². The summed E-state index contributed by atoms with van der Waals surface area (Å²) in [6, 6.07) is 0. The molecule has 1 saturated heterocycles. The molecule has 0 unspecified atom stereocenters. The normalized spacial score (nSPS) is 19.4. The second-order valence-corrected chi connectivity index (χ2v) is 8.17. The summed E-state index contributed by atoms with van der Waals surface area (Å²) in [5.41, 5.74) is 0.961. The van der Waals surface area contributed by atoms with E-state index in [-0.39, 0.29) is 23.7 Å². The molecule has 1 aliphatic heterocycles. The molecule has 1 aliphatic carbocycles. The van der Waals surface area contributed by atoms with E-state index in [2.05, 4.69) is 10.7 Å². The lowest BCUT2D eigenvalue weighted by Gasteiger charge is -2.32. The molecule has 2 amide bonds. The molecule has 1 aromatic heterocycles. The van der Waals surface area contributed by atoms with E-state index in [1.165, 1.54) is 6.42 Å². The fourth-order valence-electron chi connectivity index (χ4n) is 3.30. The second kappa shape index (κ2) is 7.64. The van der Waals surface area contributed by atoms with Crippen LogP contribution in [0.2, 0.25) is 0 Å². The van der Waals surface area contributed by atoms with E-state index >= 15 is 0 Å². The van der Waals surface area contributed by atoms with Crippen LogP contribution in [0, 0.1) is 11.8 Å². The lowest BCUT2D eigenvalue weighted by Crippen LogP contribution is -2.40. The van der Waals surface area contributed by atoms with E-state index in [0.29, 0.717) is 12.5 Å². The quantitative estimate of drug-likeness (QED) is 0.889. The lowest BCUT2D eigenvalue weighted by molar-refractivity contribution is -0.135. The number of amides is 2. The van der Waals surface area contributed by atoms with Crippen molar-refractivity contribution in [2.75, 3.05) is 13.1 Å². The largest absolute Gasteiger partial charge is 0.350 e. The molecule has 0 atom stereocenters. The molecule has 2 heterocycles. The van der Waals surface area contributed by atoms with Gasteiger partial charge in [0, 0.05) is 36.2 Å². The topological polar surface area (TPSA) is 62.3 Å². The van der Waals surface area contributed by atoms with Crippen molar-refractivity contribution in [3.63, 3.8) is 0 Å². The Balaban J connectivity index is 1.47. The van der Waals surface area contributed by atoms with Gasteiger partial charge in [0.05, 0.1) is 17.2 Å². The van der Waals surface area contributed by atoms with Crippen LogP contribution in [0.5, 0.6) is 0 Å². The Morgan fingerprint density at radius 2 is 2.00 bits per heavy atom. The molecule has 2 fully saturated rings. The van der Waals surface area contributed by atoms with Gasteiger partial charge in [-0.2, -0.15) is 0 Å². The van der Waals surface area contributed by atoms with E-state index in [1.807, 2.05) is 18.7 Å². The number of hydrogen-bond donors (Lipinski definition) is 1. The Kier molecular flexibility index (Phi) is 5.54. The van der Waals surface area contributed by atoms with Crippen molar-refractivity contribution < 1.29 is 9.59 Å². The summed E-state index contributed by atoms with van der Waals surface area (Å²) in [4.78, 5) is 30.6. The van der Waals surface area contributed by atoms with Crippen molar-refractivity contribution in [1.82, 2.24) is 15.2 Å². The second-order valence-electron chi connectivity index (χ2n) is 7.28. The van der Waals surface area contributed by atoms with Gasteiger partial charge < -0.3 is 10.2 Å². The highest BCUT2D eigenvalue weighted by Crippen LogP contribution is 2.31. The van der Waals surface area contributed by atoms with Crippen LogP contribution in [0.1, 0.15) is 62.6 Å². The van der Waals surface area contributed by atoms with Crippen LogP contribution in [-0.2, 0) is 16.1 Å². The first-order chi connectivity index (χ1) is 11.5. The first-order valence-corrected chi connectivity index (χ1v) is 9.93. The number of thiazole rings is 1. The number of nitrogens with zero attached hydrogens (tertiary/aromatic N) is 2. The van der Waals surface area contributed by atoms with Crippen LogP contribution >= 0.6 is 11.3 Å². The molecule has 1 saturated carbocycles. The fraction of sp³-hybridized carbons (Fsp3) is 0.722. The Morgan fingerprint density at radius 3 is 2.58 bits per heavy atom. The molecule has 3 rings (SSSR count). The molecule has 1 N–H and O–H groups in total. The van der Waals surface area contributed by atoms with Gasteiger partial charge >= 0.3 is 0 Å². The summed E-state index contributed by atoms with van der Waals surface area (Å²) in [6.07, 6.45) is 5.21. The number of carbonyl (C=O) groups is 2. The number of piperidine rings is 1. The fourth-order valence-corrected chi connectivity index (χ4v) is 4.29. The molecule has 0 spiro atoms. The Bertz CT molecular complexity index is 587. The number of aromatic nitrogens is 1. The first-order valence-electron chi connectivity index (χ1n) is 9.05. The maximum absolute atomic E-state index is 12.1. The minimum atomic E-state index is 0.0762. The van der Waals surface area contributed by atoms with Gasteiger partial charge in [-0.1, -0.05) is 20.3 Å². The minimum absolute atomic E-state index is 0.0762. The van der Waals surface area contributed by atoms with E-state index in [9.17, 15) is 9.59 Å². The van der Waals surface area contributed by atoms with E-state index in [0.717, 1.165) is 49.5 Å². The highest BCUT2D eigenvalue weighted by Gasteiger charge is 2.27. The van der Waals surface area contributed by atoms with Crippen molar-refractivity contribution in [2.24, 2.45) is 11.8 Å². The molecule has 2 aliphatic rings. The molecule has 1 aromatic rings. The summed E-state index contributed by atoms with van der Waals surface area (Å²) in [5, 5.41) is 6.21. The van der Waals surface area contributed by atoms with Crippen LogP contribution in [0.3, 0.4) is 0 Å². The van der Waals surface area contributed by atoms with Crippen molar-refractivity contribution in [1.29, 1.82) is 0 Å². The molecular formula is C18H27N3O2S. The summed E-state index contributed by atoms with van der Waals surface area (Å²) in [6.45, 7) is 6.11. The monoisotopic (exact) mass is 349 g/mol. The molecule has 24 heavy (non-hydrogen) atoms. The third kappa shape index (κ3) is 3.97. The molecule has 132 valence electrons.